The van der Waals surface area contributed by atoms with E-state index in [2.05, 4.69) is 60.2 Å². The molecule has 0 radical (unpaired) electrons. The molecule has 2 bridgehead atoms. The van der Waals surface area contributed by atoms with Gasteiger partial charge in [-0.2, -0.15) is 0 Å². The second kappa shape index (κ2) is 9.62. The van der Waals surface area contributed by atoms with E-state index in [-0.39, 0.29) is 0 Å². The highest BCUT2D eigenvalue weighted by atomic mass is 28.4. The molecule has 0 heterocycles. The third-order valence-corrected chi connectivity index (χ3v) is 13.2. The van der Waals surface area contributed by atoms with E-state index in [1.807, 2.05) is 0 Å². The summed E-state index contributed by atoms with van der Waals surface area (Å²) in [6.45, 7) is 17.0. The van der Waals surface area contributed by atoms with Crippen LogP contribution in [-0.2, 0) is 8.85 Å². The third-order valence-electron chi connectivity index (χ3n) is 9.65. The summed E-state index contributed by atoms with van der Waals surface area (Å²) in [6, 6.07) is 0. The van der Waals surface area contributed by atoms with E-state index in [4.69, 9.17) is 8.85 Å². The molecule has 4 aliphatic carbocycles. The van der Waals surface area contributed by atoms with Crippen molar-refractivity contribution in [2.45, 2.75) is 117 Å². The lowest BCUT2D eigenvalue weighted by molar-refractivity contribution is -0.0302. The molecule has 178 valence electrons. The Labute approximate surface area is 194 Å². The maximum absolute atomic E-state index is 7.41. The molecule has 31 heavy (non-hydrogen) atoms. The lowest BCUT2D eigenvalue weighted by atomic mass is 9.75. The SMILES string of the molecule is CC1CCC(C(C)C)C(O[Si](C)(OC2CC(C)CCC2C(C)C)C2CC3C=CC2C3)C1. The molecule has 9 atom stereocenters. The van der Waals surface area contributed by atoms with Crippen molar-refractivity contribution in [2.75, 3.05) is 0 Å². The topological polar surface area (TPSA) is 18.5 Å². The quantitative estimate of drug-likeness (QED) is 0.291. The smallest absolute Gasteiger partial charge is 0.339 e. The molecule has 0 saturated heterocycles. The van der Waals surface area contributed by atoms with Gasteiger partial charge in [-0.05, 0) is 92.4 Å². The van der Waals surface area contributed by atoms with Crippen LogP contribution in [0.25, 0.3) is 0 Å². The van der Waals surface area contributed by atoms with Gasteiger partial charge in [0.15, 0.2) is 0 Å². The van der Waals surface area contributed by atoms with Crippen molar-refractivity contribution in [3.63, 3.8) is 0 Å². The zero-order valence-corrected chi connectivity index (χ0v) is 22.5. The van der Waals surface area contributed by atoms with Gasteiger partial charge in [-0.1, -0.05) is 66.5 Å². The number of fused-ring (bicyclic) bond motifs is 2. The van der Waals surface area contributed by atoms with Crippen molar-refractivity contribution in [2.24, 2.45) is 47.3 Å². The molecule has 4 rings (SSSR count). The number of hydrogen-bond donors (Lipinski definition) is 0. The minimum Gasteiger partial charge on any atom is -0.391 e. The summed E-state index contributed by atoms with van der Waals surface area (Å²) in [5.74, 6) is 5.87. The van der Waals surface area contributed by atoms with Gasteiger partial charge in [0.1, 0.15) is 0 Å². The van der Waals surface area contributed by atoms with Crippen LogP contribution in [0.4, 0.5) is 0 Å². The van der Waals surface area contributed by atoms with Gasteiger partial charge in [0.25, 0.3) is 0 Å². The van der Waals surface area contributed by atoms with Gasteiger partial charge < -0.3 is 8.85 Å². The molecular formula is C28H50O2Si. The van der Waals surface area contributed by atoms with Gasteiger partial charge in [-0.25, -0.2) is 0 Å². The summed E-state index contributed by atoms with van der Waals surface area (Å²) < 4.78 is 14.8. The zero-order valence-electron chi connectivity index (χ0n) is 21.5. The Kier molecular flexibility index (Phi) is 7.46. The lowest BCUT2D eigenvalue weighted by Gasteiger charge is -2.48. The van der Waals surface area contributed by atoms with E-state index < -0.39 is 8.56 Å². The fourth-order valence-electron chi connectivity index (χ4n) is 7.69. The molecule has 0 aromatic heterocycles. The number of rotatable bonds is 7. The van der Waals surface area contributed by atoms with E-state index >= 15 is 0 Å². The first kappa shape index (κ1) is 24.0. The van der Waals surface area contributed by atoms with E-state index in [1.54, 1.807) is 0 Å². The first-order chi connectivity index (χ1) is 14.7. The Balaban J connectivity index is 1.59. The summed E-state index contributed by atoms with van der Waals surface area (Å²) in [5.41, 5.74) is 0.651. The van der Waals surface area contributed by atoms with Crippen LogP contribution < -0.4 is 0 Å². The van der Waals surface area contributed by atoms with Gasteiger partial charge in [-0.15, -0.1) is 0 Å². The highest BCUT2D eigenvalue weighted by molar-refractivity contribution is 6.68. The van der Waals surface area contributed by atoms with E-state index in [9.17, 15) is 0 Å². The number of allylic oxidation sites excluding steroid dienone is 2. The van der Waals surface area contributed by atoms with Gasteiger partial charge in [0.2, 0.25) is 0 Å². The lowest BCUT2D eigenvalue weighted by Crippen LogP contribution is -2.54. The van der Waals surface area contributed by atoms with Crippen LogP contribution in [0.1, 0.15) is 92.9 Å². The van der Waals surface area contributed by atoms with E-state index in [0.717, 1.165) is 17.8 Å². The summed E-state index contributed by atoms with van der Waals surface area (Å²) >= 11 is 0. The summed E-state index contributed by atoms with van der Waals surface area (Å²) in [6.07, 6.45) is 16.3. The fourth-order valence-corrected chi connectivity index (χ4v) is 11.6. The monoisotopic (exact) mass is 446 g/mol. The van der Waals surface area contributed by atoms with Crippen LogP contribution in [0.2, 0.25) is 12.1 Å². The van der Waals surface area contributed by atoms with Gasteiger partial charge in [-0.3, -0.25) is 0 Å². The molecule has 0 spiro atoms. The molecule has 0 amide bonds. The Morgan fingerprint density at radius 1 is 0.710 bits per heavy atom. The Bertz CT molecular complexity index is 595. The van der Waals surface area contributed by atoms with Crippen molar-refractivity contribution >= 4 is 8.56 Å². The second-order valence-corrected chi connectivity index (χ2v) is 16.1. The first-order valence-electron chi connectivity index (χ1n) is 13.7. The molecule has 0 aromatic carbocycles. The van der Waals surface area contributed by atoms with Crippen LogP contribution in [0.15, 0.2) is 12.2 Å². The highest BCUT2D eigenvalue weighted by Gasteiger charge is 2.54. The highest BCUT2D eigenvalue weighted by Crippen LogP contribution is 2.54. The van der Waals surface area contributed by atoms with E-state index in [1.165, 1.54) is 51.4 Å². The molecule has 0 aliphatic heterocycles. The second-order valence-electron chi connectivity index (χ2n) is 12.9. The normalized spacial score (nSPS) is 44.9. The predicted molar refractivity (Wildman–Crippen MR) is 133 cm³/mol. The van der Waals surface area contributed by atoms with Crippen molar-refractivity contribution in [1.29, 1.82) is 0 Å². The molecule has 4 aliphatic rings. The van der Waals surface area contributed by atoms with E-state index in [0.29, 0.717) is 47.3 Å². The Hall–Kier alpha value is -0.123. The van der Waals surface area contributed by atoms with Crippen molar-refractivity contribution in [1.82, 2.24) is 0 Å². The maximum atomic E-state index is 7.41. The van der Waals surface area contributed by atoms with Crippen LogP contribution in [0.5, 0.6) is 0 Å². The molecule has 2 nitrogen and oxygen atoms in total. The van der Waals surface area contributed by atoms with Gasteiger partial charge in [0.05, 0.1) is 12.2 Å². The Morgan fingerprint density at radius 2 is 1.23 bits per heavy atom. The van der Waals surface area contributed by atoms with Gasteiger partial charge in [0, 0.05) is 5.54 Å². The third kappa shape index (κ3) is 5.19. The number of hydrogen-bond acceptors (Lipinski definition) is 2. The molecule has 9 unspecified atom stereocenters. The largest absolute Gasteiger partial charge is 0.391 e. The molecule has 0 aromatic rings. The Morgan fingerprint density at radius 3 is 1.61 bits per heavy atom. The summed E-state index contributed by atoms with van der Waals surface area (Å²) in [4.78, 5) is 0. The zero-order chi connectivity index (χ0) is 22.3. The van der Waals surface area contributed by atoms with Crippen LogP contribution >= 0.6 is 0 Å². The van der Waals surface area contributed by atoms with Crippen LogP contribution in [0, 0.1) is 47.3 Å². The average molecular weight is 447 g/mol. The predicted octanol–water partition coefficient (Wildman–Crippen LogP) is 7.98. The molecule has 3 saturated carbocycles. The fraction of sp³-hybridized carbons (Fsp3) is 0.929. The summed E-state index contributed by atoms with van der Waals surface area (Å²) in [7, 11) is -2.33. The van der Waals surface area contributed by atoms with Crippen molar-refractivity contribution in [3.8, 4) is 0 Å². The first-order valence-corrected chi connectivity index (χ1v) is 16.1. The maximum Gasteiger partial charge on any atom is 0.339 e. The standard InChI is InChI=1S/C28H50O2Si/c1-18(2)24-12-8-20(5)14-26(24)29-31(7,28-17-22-10-11-23(28)16-22)30-27-15-21(6)9-13-25(27)19(3)4/h10-11,18-28H,8-9,12-17H2,1-7H3. The van der Waals surface area contributed by atoms with Crippen molar-refractivity contribution in [3.05, 3.63) is 12.2 Å². The van der Waals surface area contributed by atoms with Gasteiger partial charge >= 0.3 is 8.56 Å². The average Bonchev–Trinajstić information content (AvgIpc) is 3.31. The molecular weight excluding hydrogens is 396 g/mol. The minimum atomic E-state index is -2.33. The van der Waals surface area contributed by atoms with Crippen LogP contribution in [0.3, 0.4) is 0 Å². The summed E-state index contributed by atoms with van der Waals surface area (Å²) in [5, 5.41) is 0. The van der Waals surface area contributed by atoms with Crippen molar-refractivity contribution < 1.29 is 8.85 Å². The molecule has 0 N–H and O–H groups in total. The molecule has 3 heteroatoms. The minimum absolute atomic E-state index is 0.405. The van der Waals surface area contributed by atoms with Crippen LogP contribution in [-0.4, -0.2) is 20.8 Å². The molecule has 3 fully saturated rings.